The second-order valence-electron chi connectivity index (χ2n) is 9.02. The van der Waals surface area contributed by atoms with Gasteiger partial charge >= 0.3 is 0 Å². The van der Waals surface area contributed by atoms with Crippen molar-refractivity contribution in [3.05, 3.63) is 79.2 Å². The van der Waals surface area contributed by atoms with Crippen LogP contribution in [0.25, 0.3) is 21.3 Å². The molecule has 1 unspecified atom stereocenters. The number of nitrogens with one attached hydrogen (secondary N) is 1. The quantitative estimate of drug-likeness (QED) is 0.232. The van der Waals surface area contributed by atoms with Crippen LogP contribution in [-0.2, 0) is 12.8 Å². The highest BCUT2D eigenvalue weighted by Crippen LogP contribution is 2.45. The normalized spacial score (nSPS) is 14.5. The summed E-state index contributed by atoms with van der Waals surface area (Å²) in [4.78, 5) is 19.8. The lowest BCUT2D eigenvalue weighted by atomic mass is 9.83. The van der Waals surface area contributed by atoms with Crippen molar-refractivity contribution >= 4 is 66.6 Å². The van der Waals surface area contributed by atoms with Gasteiger partial charge in [-0.25, -0.2) is 4.98 Å². The Morgan fingerprint density at radius 3 is 2.58 bits per heavy atom. The average molecular weight is 553 g/mol. The van der Waals surface area contributed by atoms with Crippen LogP contribution >= 0.6 is 34.0 Å². The van der Waals surface area contributed by atoms with Gasteiger partial charge in [-0.1, -0.05) is 30.3 Å². The molecule has 5 aromatic rings. The number of hydrogen-bond donors (Lipinski definition) is 3. The molecular formula is C28H20N6OS3. The molecule has 0 saturated carbocycles. The number of fused-ring (bicyclic) bond motifs is 2. The number of carbonyl (C=O) groups is 1. The maximum absolute atomic E-state index is 13.5. The molecule has 186 valence electrons. The van der Waals surface area contributed by atoms with Gasteiger partial charge in [0.1, 0.15) is 38.2 Å². The summed E-state index contributed by atoms with van der Waals surface area (Å²) in [6, 6.07) is 16.7. The fourth-order valence-corrected chi connectivity index (χ4v) is 8.04. The lowest BCUT2D eigenvalue weighted by molar-refractivity contribution is 0.103. The Labute approximate surface area is 230 Å². The van der Waals surface area contributed by atoms with Crippen molar-refractivity contribution in [3.8, 4) is 23.3 Å². The summed E-state index contributed by atoms with van der Waals surface area (Å²) in [5.74, 6) is 0.0747. The molecule has 6 rings (SSSR count). The minimum absolute atomic E-state index is 0.0973. The van der Waals surface area contributed by atoms with Crippen molar-refractivity contribution < 1.29 is 4.79 Å². The van der Waals surface area contributed by atoms with E-state index in [2.05, 4.69) is 34.6 Å². The molecule has 1 atom stereocenters. The largest absolute Gasteiger partial charge is 0.397 e. The molecule has 0 spiro atoms. The molecule has 0 fully saturated rings. The highest BCUT2D eigenvalue weighted by molar-refractivity contribution is 7.21. The van der Waals surface area contributed by atoms with Gasteiger partial charge in [0.15, 0.2) is 0 Å². The number of nitrogen functional groups attached to an aromatic ring is 2. The van der Waals surface area contributed by atoms with Crippen LogP contribution in [0.5, 0.6) is 0 Å². The van der Waals surface area contributed by atoms with Crippen LogP contribution in [0, 0.1) is 22.7 Å². The smallest absolute Gasteiger partial charge is 0.268 e. The van der Waals surface area contributed by atoms with E-state index in [9.17, 15) is 15.3 Å². The average Bonchev–Trinajstić information content (AvgIpc) is 3.65. The first-order valence-electron chi connectivity index (χ1n) is 11.8. The third-order valence-electron chi connectivity index (χ3n) is 6.91. The summed E-state index contributed by atoms with van der Waals surface area (Å²) in [5.41, 5.74) is 17.3. The number of nitriles is 2. The topological polar surface area (TPSA) is 142 Å². The van der Waals surface area contributed by atoms with Gasteiger partial charge in [-0.05, 0) is 58.7 Å². The summed E-state index contributed by atoms with van der Waals surface area (Å²) in [6.07, 6.45) is 2.59. The standard InChI is InChI=1S/C28H20N6OS3/c29-11-18-17-7-6-15(14-4-2-1-3-5-14)10-20(17)37-27(18)34-26(35)24-23(31)22-21(16-8-9-36-13-16)19(12-30)25(32)33-28(22)38-24/h1-5,8-9,13,15H,6-7,10,31H2,(H2,32,33)(H,34,35). The monoisotopic (exact) mass is 552 g/mol. The van der Waals surface area contributed by atoms with Crippen molar-refractivity contribution in [1.29, 1.82) is 10.5 Å². The molecule has 0 radical (unpaired) electrons. The molecule has 0 bridgehead atoms. The summed E-state index contributed by atoms with van der Waals surface area (Å²) < 4.78 is 0. The van der Waals surface area contributed by atoms with Crippen molar-refractivity contribution in [3.63, 3.8) is 0 Å². The number of nitrogens with zero attached hydrogens (tertiary/aromatic N) is 3. The summed E-state index contributed by atoms with van der Waals surface area (Å²) in [6.45, 7) is 0. The molecule has 1 aromatic carbocycles. The van der Waals surface area contributed by atoms with Gasteiger partial charge in [0, 0.05) is 15.8 Å². The number of anilines is 3. The fraction of sp³-hybridized carbons (Fsp3) is 0.143. The van der Waals surface area contributed by atoms with Gasteiger partial charge in [0.25, 0.3) is 5.91 Å². The molecule has 4 aromatic heterocycles. The molecular weight excluding hydrogens is 533 g/mol. The zero-order valence-electron chi connectivity index (χ0n) is 19.9. The second kappa shape index (κ2) is 9.58. The Kier molecular flexibility index (Phi) is 6.09. The predicted molar refractivity (Wildman–Crippen MR) is 155 cm³/mol. The van der Waals surface area contributed by atoms with Crippen molar-refractivity contribution in [2.24, 2.45) is 0 Å². The highest BCUT2D eigenvalue weighted by atomic mass is 32.1. The van der Waals surface area contributed by atoms with Gasteiger partial charge in [0.05, 0.1) is 11.3 Å². The fourth-order valence-electron chi connectivity index (χ4n) is 5.11. The number of pyridine rings is 1. The Balaban J connectivity index is 1.37. The van der Waals surface area contributed by atoms with Crippen LogP contribution in [-0.4, -0.2) is 10.9 Å². The number of benzene rings is 1. The molecule has 38 heavy (non-hydrogen) atoms. The second-order valence-corrected chi connectivity index (χ2v) is 11.9. The van der Waals surface area contributed by atoms with E-state index in [1.165, 1.54) is 28.2 Å². The van der Waals surface area contributed by atoms with E-state index in [0.29, 0.717) is 32.3 Å². The minimum atomic E-state index is -0.409. The van der Waals surface area contributed by atoms with Gasteiger partial charge in [-0.2, -0.15) is 21.9 Å². The molecule has 0 aliphatic heterocycles. The molecule has 0 saturated heterocycles. The van der Waals surface area contributed by atoms with Crippen LogP contribution in [0.2, 0.25) is 0 Å². The van der Waals surface area contributed by atoms with E-state index in [0.717, 1.165) is 46.6 Å². The van der Waals surface area contributed by atoms with E-state index < -0.39 is 5.91 Å². The molecule has 1 aliphatic rings. The van der Waals surface area contributed by atoms with Crippen LogP contribution < -0.4 is 16.8 Å². The number of carbonyl (C=O) groups excluding carboxylic acids is 1. The lowest BCUT2D eigenvalue weighted by Crippen LogP contribution is -2.12. The Bertz CT molecular complexity index is 1790. The molecule has 7 nitrogen and oxygen atoms in total. The van der Waals surface area contributed by atoms with Gasteiger partial charge < -0.3 is 16.8 Å². The van der Waals surface area contributed by atoms with Crippen LogP contribution in [0.4, 0.5) is 16.5 Å². The molecule has 5 N–H and O–H groups in total. The van der Waals surface area contributed by atoms with Crippen molar-refractivity contribution in [1.82, 2.24) is 4.98 Å². The Hall–Kier alpha value is -4.22. The number of aromatic nitrogens is 1. The predicted octanol–water partition coefficient (Wildman–Crippen LogP) is 6.52. The van der Waals surface area contributed by atoms with Gasteiger partial charge in [0.2, 0.25) is 0 Å². The first-order valence-corrected chi connectivity index (χ1v) is 14.4. The van der Waals surface area contributed by atoms with Crippen LogP contribution in [0.15, 0.2) is 47.2 Å². The molecule has 1 aliphatic carbocycles. The van der Waals surface area contributed by atoms with E-state index in [-0.39, 0.29) is 21.9 Å². The van der Waals surface area contributed by atoms with E-state index in [1.807, 2.05) is 35.0 Å². The van der Waals surface area contributed by atoms with Crippen LogP contribution in [0.1, 0.15) is 49.1 Å². The Morgan fingerprint density at radius 1 is 1.08 bits per heavy atom. The summed E-state index contributed by atoms with van der Waals surface area (Å²) in [5, 5.41) is 27.6. The molecule has 10 heteroatoms. The summed E-state index contributed by atoms with van der Waals surface area (Å²) >= 11 is 4.08. The third-order valence-corrected chi connectivity index (χ3v) is 9.86. The lowest BCUT2D eigenvalue weighted by Gasteiger charge is -2.22. The van der Waals surface area contributed by atoms with Gasteiger partial charge in [-0.15, -0.1) is 22.7 Å². The third kappa shape index (κ3) is 3.91. The number of nitrogens with two attached hydrogens (primary N) is 2. The maximum atomic E-state index is 13.5. The van der Waals surface area contributed by atoms with Crippen molar-refractivity contribution in [2.45, 2.75) is 25.2 Å². The molecule has 4 heterocycles. The Morgan fingerprint density at radius 2 is 1.87 bits per heavy atom. The maximum Gasteiger partial charge on any atom is 0.268 e. The van der Waals surface area contributed by atoms with Gasteiger partial charge in [-0.3, -0.25) is 4.79 Å². The first kappa shape index (κ1) is 24.1. The molecule has 1 amide bonds. The number of rotatable bonds is 4. The SMILES string of the molecule is N#Cc1c(NC(=O)c2sc3nc(N)c(C#N)c(-c4ccsc4)c3c2N)sc2c1CCC(c1ccccc1)C2. The minimum Gasteiger partial charge on any atom is -0.397 e. The first-order chi connectivity index (χ1) is 18.5. The number of amides is 1. The van der Waals surface area contributed by atoms with E-state index >= 15 is 0 Å². The zero-order chi connectivity index (χ0) is 26.4. The number of thiophene rings is 3. The van der Waals surface area contributed by atoms with E-state index in [4.69, 9.17) is 11.5 Å². The number of hydrogen-bond acceptors (Lipinski definition) is 9. The van der Waals surface area contributed by atoms with E-state index in [1.54, 1.807) is 0 Å². The van der Waals surface area contributed by atoms with Crippen molar-refractivity contribution in [2.75, 3.05) is 16.8 Å². The van der Waals surface area contributed by atoms with Crippen LogP contribution in [0.3, 0.4) is 0 Å². The highest BCUT2D eigenvalue weighted by Gasteiger charge is 2.29. The zero-order valence-corrected chi connectivity index (χ0v) is 22.4. The summed E-state index contributed by atoms with van der Waals surface area (Å²) in [7, 11) is 0.